The van der Waals surface area contributed by atoms with Crippen LogP contribution in [0.4, 0.5) is 0 Å². The Hall–Kier alpha value is -0.120. The Balaban J connectivity index is 1.99. The molecule has 0 aromatic rings. The average molecular weight is 201 g/mol. The van der Waals surface area contributed by atoms with Crippen LogP contribution in [0, 0.1) is 5.92 Å². The van der Waals surface area contributed by atoms with Crippen LogP contribution in [0.1, 0.15) is 38.5 Å². The zero-order valence-corrected chi connectivity index (χ0v) is 8.91. The van der Waals surface area contributed by atoms with Crippen molar-refractivity contribution < 1.29 is 10.2 Å². The van der Waals surface area contributed by atoms with Crippen LogP contribution >= 0.6 is 0 Å². The first-order valence-corrected chi connectivity index (χ1v) is 5.84. The molecule has 1 aliphatic rings. The standard InChI is InChI=1S/C11H23NO2/c13-8-4-3-7-12-9-10-5-1-2-6-11(10)14/h10-14H,1-9H2. The minimum Gasteiger partial charge on any atom is -0.396 e. The Morgan fingerprint density at radius 3 is 2.64 bits per heavy atom. The van der Waals surface area contributed by atoms with Gasteiger partial charge in [0.1, 0.15) is 0 Å². The fourth-order valence-electron chi connectivity index (χ4n) is 2.08. The SMILES string of the molecule is OCCCCNCC1CCCCC1O. The van der Waals surface area contributed by atoms with Crippen molar-refractivity contribution in [3.63, 3.8) is 0 Å². The van der Waals surface area contributed by atoms with Crippen molar-refractivity contribution >= 4 is 0 Å². The van der Waals surface area contributed by atoms with Crippen LogP contribution in [0.15, 0.2) is 0 Å². The minimum atomic E-state index is -0.0888. The van der Waals surface area contributed by atoms with Crippen molar-refractivity contribution in [2.45, 2.75) is 44.6 Å². The number of aliphatic hydroxyl groups excluding tert-OH is 2. The van der Waals surface area contributed by atoms with E-state index in [4.69, 9.17) is 5.11 Å². The summed E-state index contributed by atoms with van der Waals surface area (Å²) in [6, 6.07) is 0. The predicted octanol–water partition coefficient (Wildman–Crippen LogP) is 0.900. The van der Waals surface area contributed by atoms with E-state index in [1.165, 1.54) is 12.8 Å². The third-order valence-corrected chi connectivity index (χ3v) is 3.04. The van der Waals surface area contributed by atoms with Gasteiger partial charge in [0.05, 0.1) is 6.10 Å². The monoisotopic (exact) mass is 201 g/mol. The van der Waals surface area contributed by atoms with Crippen LogP contribution in [-0.4, -0.2) is 36.0 Å². The highest BCUT2D eigenvalue weighted by Gasteiger charge is 2.21. The van der Waals surface area contributed by atoms with Gasteiger partial charge in [-0.05, 0) is 38.1 Å². The van der Waals surface area contributed by atoms with E-state index in [0.717, 1.165) is 38.8 Å². The molecule has 3 heteroatoms. The Kier molecular flexibility index (Phi) is 6.15. The van der Waals surface area contributed by atoms with Gasteiger partial charge in [-0.2, -0.15) is 0 Å². The van der Waals surface area contributed by atoms with Crippen molar-refractivity contribution in [1.29, 1.82) is 0 Å². The second-order valence-corrected chi connectivity index (χ2v) is 4.25. The smallest absolute Gasteiger partial charge is 0.0580 e. The van der Waals surface area contributed by atoms with Crippen molar-refractivity contribution in [3.8, 4) is 0 Å². The molecule has 3 N–H and O–H groups in total. The van der Waals surface area contributed by atoms with E-state index in [1.807, 2.05) is 0 Å². The van der Waals surface area contributed by atoms with Gasteiger partial charge in [0.25, 0.3) is 0 Å². The molecule has 1 aliphatic carbocycles. The van der Waals surface area contributed by atoms with Crippen molar-refractivity contribution in [2.75, 3.05) is 19.7 Å². The van der Waals surface area contributed by atoms with E-state index < -0.39 is 0 Å². The fraction of sp³-hybridized carbons (Fsp3) is 1.00. The molecule has 3 nitrogen and oxygen atoms in total. The maximum Gasteiger partial charge on any atom is 0.0580 e. The third kappa shape index (κ3) is 4.40. The van der Waals surface area contributed by atoms with E-state index in [1.54, 1.807) is 0 Å². The highest BCUT2D eigenvalue weighted by Crippen LogP contribution is 2.23. The summed E-state index contributed by atoms with van der Waals surface area (Å²) in [5.74, 6) is 0.456. The van der Waals surface area contributed by atoms with Crippen molar-refractivity contribution in [3.05, 3.63) is 0 Å². The van der Waals surface area contributed by atoms with Gasteiger partial charge in [0, 0.05) is 13.2 Å². The molecule has 1 rings (SSSR count). The Bertz CT molecular complexity index is 141. The lowest BCUT2D eigenvalue weighted by Crippen LogP contribution is -2.34. The summed E-state index contributed by atoms with van der Waals surface area (Å²) in [4.78, 5) is 0. The highest BCUT2D eigenvalue weighted by atomic mass is 16.3. The van der Waals surface area contributed by atoms with Crippen LogP contribution < -0.4 is 5.32 Å². The first-order chi connectivity index (χ1) is 6.84. The maximum atomic E-state index is 9.69. The van der Waals surface area contributed by atoms with Crippen LogP contribution in [-0.2, 0) is 0 Å². The molecule has 0 amide bonds. The Morgan fingerprint density at radius 1 is 1.14 bits per heavy atom. The minimum absolute atomic E-state index is 0.0888. The van der Waals surface area contributed by atoms with Crippen molar-refractivity contribution in [2.24, 2.45) is 5.92 Å². The van der Waals surface area contributed by atoms with Gasteiger partial charge in [-0.15, -0.1) is 0 Å². The Labute approximate surface area is 86.5 Å². The summed E-state index contributed by atoms with van der Waals surface area (Å²) >= 11 is 0. The number of rotatable bonds is 6. The number of aliphatic hydroxyl groups is 2. The third-order valence-electron chi connectivity index (χ3n) is 3.04. The van der Waals surface area contributed by atoms with Crippen LogP contribution in [0.2, 0.25) is 0 Å². The largest absolute Gasteiger partial charge is 0.396 e. The van der Waals surface area contributed by atoms with Gasteiger partial charge >= 0.3 is 0 Å². The molecular weight excluding hydrogens is 178 g/mol. The lowest BCUT2D eigenvalue weighted by Gasteiger charge is -2.27. The summed E-state index contributed by atoms with van der Waals surface area (Å²) in [7, 11) is 0. The number of nitrogens with one attached hydrogen (secondary N) is 1. The van der Waals surface area contributed by atoms with E-state index >= 15 is 0 Å². The van der Waals surface area contributed by atoms with Crippen LogP contribution in [0.25, 0.3) is 0 Å². The Morgan fingerprint density at radius 2 is 1.93 bits per heavy atom. The molecule has 84 valence electrons. The van der Waals surface area contributed by atoms with E-state index in [9.17, 15) is 5.11 Å². The summed E-state index contributed by atoms with van der Waals surface area (Å²) in [6.45, 7) is 2.18. The van der Waals surface area contributed by atoms with E-state index in [0.29, 0.717) is 5.92 Å². The van der Waals surface area contributed by atoms with E-state index in [-0.39, 0.29) is 12.7 Å². The molecule has 1 saturated carbocycles. The van der Waals surface area contributed by atoms with Gasteiger partial charge in [-0.1, -0.05) is 12.8 Å². The molecule has 1 fully saturated rings. The number of hydrogen-bond acceptors (Lipinski definition) is 3. The van der Waals surface area contributed by atoms with E-state index in [2.05, 4.69) is 5.32 Å². The molecule has 0 radical (unpaired) electrons. The first kappa shape index (κ1) is 12.0. The average Bonchev–Trinajstić information content (AvgIpc) is 2.20. The van der Waals surface area contributed by atoms with Gasteiger partial charge in [-0.3, -0.25) is 0 Å². The molecule has 2 unspecified atom stereocenters. The lowest BCUT2D eigenvalue weighted by molar-refractivity contribution is 0.0696. The fourth-order valence-corrected chi connectivity index (χ4v) is 2.08. The molecule has 14 heavy (non-hydrogen) atoms. The summed E-state index contributed by atoms with van der Waals surface area (Å²) in [5.41, 5.74) is 0. The summed E-state index contributed by atoms with van der Waals surface area (Å²) < 4.78 is 0. The molecule has 0 saturated heterocycles. The topological polar surface area (TPSA) is 52.5 Å². The van der Waals surface area contributed by atoms with Gasteiger partial charge in [0.2, 0.25) is 0 Å². The summed E-state index contributed by atoms with van der Waals surface area (Å²) in [5, 5.41) is 21.6. The molecule has 0 aromatic carbocycles. The van der Waals surface area contributed by atoms with Crippen molar-refractivity contribution in [1.82, 2.24) is 5.32 Å². The lowest BCUT2D eigenvalue weighted by atomic mass is 9.86. The number of hydrogen-bond donors (Lipinski definition) is 3. The maximum absolute atomic E-state index is 9.69. The highest BCUT2D eigenvalue weighted by molar-refractivity contribution is 4.75. The van der Waals surface area contributed by atoms with Crippen LogP contribution in [0.3, 0.4) is 0 Å². The molecule has 0 spiro atoms. The van der Waals surface area contributed by atoms with Crippen LogP contribution in [0.5, 0.6) is 0 Å². The molecule has 2 atom stereocenters. The first-order valence-electron chi connectivity index (χ1n) is 5.84. The molecule has 0 aromatic heterocycles. The summed E-state index contributed by atoms with van der Waals surface area (Å²) in [6.07, 6.45) is 6.40. The number of unbranched alkanes of at least 4 members (excludes halogenated alkanes) is 1. The second-order valence-electron chi connectivity index (χ2n) is 4.25. The second kappa shape index (κ2) is 7.21. The van der Waals surface area contributed by atoms with Gasteiger partial charge < -0.3 is 15.5 Å². The molecule has 0 bridgehead atoms. The zero-order valence-electron chi connectivity index (χ0n) is 8.91. The zero-order chi connectivity index (χ0) is 10.2. The molecule has 0 aliphatic heterocycles. The molecule has 0 heterocycles. The predicted molar refractivity (Wildman–Crippen MR) is 57.2 cm³/mol. The van der Waals surface area contributed by atoms with Gasteiger partial charge in [-0.25, -0.2) is 0 Å². The van der Waals surface area contributed by atoms with Gasteiger partial charge in [0.15, 0.2) is 0 Å². The molecular formula is C11H23NO2. The quantitative estimate of drug-likeness (QED) is 0.560. The normalized spacial score (nSPS) is 27.9.